The number of aromatic nitrogens is 2. The maximum atomic E-state index is 6.38. The molecular weight excluding hydrogens is 422 g/mol. The number of likely N-dealkylation sites (tertiary alicyclic amines) is 1. The molecule has 2 fully saturated rings. The highest BCUT2D eigenvalue weighted by Gasteiger charge is 2.53. The van der Waals surface area contributed by atoms with Gasteiger partial charge in [0.1, 0.15) is 23.6 Å². The SMILES string of the molecule is CN1C[C@@H]2[C@@H](C#Cc3cc4ncnc(Nc5ccc(Oc6ccccc6)cc5)c4cc3N)[C@@H]2C1. The van der Waals surface area contributed by atoms with Crippen molar-refractivity contribution in [2.45, 2.75) is 0 Å². The number of ether oxygens (including phenoxy) is 1. The lowest BCUT2D eigenvalue weighted by Crippen LogP contribution is -2.18. The van der Waals surface area contributed by atoms with Crippen LogP contribution < -0.4 is 15.8 Å². The summed E-state index contributed by atoms with van der Waals surface area (Å²) in [5, 5.41) is 4.23. The third-order valence-corrected chi connectivity index (χ3v) is 6.65. The fraction of sp³-hybridized carbons (Fsp3) is 0.214. The zero-order valence-electron chi connectivity index (χ0n) is 18.9. The minimum atomic E-state index is 0.503. The lowest BCUT2D eigenvalue weighted by molar-refractivity contribution is 0.360. The number of nitrogens with one attached hydrogen (secondary N) is 1. The number of fused-ring (bicyclic) bond motifs is 2. The van der Waals surface area contributed by atoms with Gasteiger partial charge in [-0.1, -0.05) is 30.0 Å². The molecule has 2 heterocycles. The maximum Gasteiger partial charge on any atom is 0.141 e. The van der Waals surface area contributed by atoms with Crippen LogP contribution in [-0.2, 0) is 0 Å². The van der Waals surface area contributed by atoms with Gasteiger partial charge in [-0.2, -0.15) is 0 Å². The van der Waals surface area contributed by atoms with Gasteiger partial charge in [-0.15, -0.1) is 0 Å². The van der Waals surface area contributed by atoms with Crippen molar-refractivity contribution in [1.82, 2.24) is 14.9 Å². The Labute approximate surface area is 198 Å². The van der Waals surface area contributed by atoms with Crippen LogP contribution in [0.2, 0.25) is 0 Å². The lowest BCUT2D eigenvalue weighted by atomic mass is 10.1. The number of nitrogen functional groups attached to an aromatic ring is 1. The number of anilines is 3. The molecule has 3 N–H and O–H groups in total. The summed E-state index contributed by atoms with van der Waals surface area (Å²) in [4.78, 5) is 11.3. The van der Waals surface area contributed by atoms with Gasteiger partial charge in [0.25, 0.3) is 0 Å². The first kappa shape index (κ1) is 20.5. The van der Waals surface area contributed by atoms with Crippen LogP contribution in [0.15, 0.2) is 73.1 Å². The third-order valence-electron chi connectivity index (χ3n) is 6.65. The monoisotopic (exact) mass is 447 g/mol. The topological polar surface area (TPSA) is 76.3 Å². The summed E-state index contributed by atoms with van der Waals surface area (Å²) in [6.07, 6.45) is 1.56. The number of hydrogen-bond acceptors (Lipinski definition) is 6. The van der Waals surface area contributed by atoms with Crippen molar-refractivity contribution in [2.75, 3.05) is 31.2 Å². The molecule has 0 unspecified atom stereocenters. The van der Waals surface area contributed by atoms with E-state index in [1.165, 1.54) is 0 Å². The first-order chi connectivity index (χ1) is 16.6. The van der Waals surface area contributed by atoms with E-state index >= 15 is 0 Å². The molecule has 168 valence electrons. The van der Waals surface area contributed by atoms with Crippen LogP contribution in [0.3, 0.4) is 0 Å². The van der Waals surface area contributed by atoms with E-state index in [9.17, 15) is 0 Å². The molecule has 0 amide bonds. The van der Waals surface area contributed by atoms with Crippen molar-refractivity contribution < 1.29 is 4.74 Å². The second-order valence-electron chi connectivity index (χ2n) is 9.09. The highest BCUT2D eigenvalue weighted by molar-refractivity contribution is 5.94. The molecule has 0 bridgehead atoms. The van der Waals surface area contributed by atoms with E-state index in [0.717, 1.165) is 58.6 Å². The van der Waals surface area contributed by atoms with Crippen molar-refractivity contribution >= 4 is 28.1 Å². The molecule has 6 heteroatoms. The second-order valence-corrected chi connectivity index (χ2v) is 9.09. The number of benzene rings is 3. The van der Waals surface area contributed by atoms with Crippen LogP contribution in [0.5, 0.6) is 11.5 Å². The Morgan fingerprint density at radius 3 is 2.47 bits per heavy atom. The molecule has 4 aromatic rings. The minimum Gasteiger partial charge on any atom is -0.457 e. The van der Waals surface area contributed by atoms with E-state index in [1.54, 1.807) is 6.33 Å². The average molecular weight is 448 g/mol. The molecule has 6 nitrogen and oxygen atoms in total. The number of piperidine rings is 1. The van der Waals surface area contributed by atoms with Crippen LogP contribution in [0, 0.1) is 29.6 Å². The molecule has 6 rings (SSSR count). The molecule has 1 aromatic heterocycles. The number of nitrogens with zero attached hydrogens (tertiary/aromatic N) is 3. The Balaban J connectivity index is 1.20. The quantitative estimate of drug-likeness (QED) is 0.342. The third kappa shape index (κ3) is 4.02. The van der Waals surface area contributed by atoms with Gasteiger partial charge in [-0.3, -0.25) is 0 Å². The largest absolute Gasteiger partial charge is 0.457 e. The van der Waals surface area contributed by atoms with E-state index < -0.39 is 0 Å². The molecule has 3 aromatic carbocycles. The Bertz CT molecular complexity index is 1400. The predicted octanol–water partition coefficient (Wildman–Crippen LogP) is 4.91. The summed E-state index contributed by atoms with van der Waals surface area (Å²) in [6, 6.07) is 21.4. The van der Waals surface area contributed by atoms with Gasteiger partial charge in [0.05, 0.1) is 5.52 Å². The molecule has 1 aliphatic carbocycles. The standard InChI is InChI=1S/C28H25N5O/c1-33-15-24-22(25(24)16-33)12-7-18-13-27-23(14-26(18)29)28(31-17-30-27)32-19-8-10-21(11-9-19)34-20-5-3-2-4-6-20/h2-6,8-11,13-14,17,22,24-25H,15-16,29H2,1H3,(H,30,31,32)/t22-,24-,25+. The fourth-order valence-corrected chi connectivity index (χ4v) is 4.81. The number of para-hydroxylation sites is 1. The summed E-state index contributed by atoms with van der Waals surface area (Å²) >= 11 is 0. The Kier molecular flexibility index (Phi) is 5.05. The van der Waals surface area contributed by atoms with E-state index in [1.807, 2.05) is 66.7 Å². The van der Waals surface area contributed by atoms with Crippen molar-refractivity contribution in [2.24, 2.45) is 17.8 Å². The molecule has 1 saturated heterocycles. The van der Waals surface area contributed by atoms with Gasteiger partial charge >= 0.3 is 0 Å². The van der Waals surface area contributed by atoms with Gasteiger partial charge in [0, 0.05) is 41.3 Å². The highest BCUT2D eigenvalue weighted by Crippen LogP contribution is 2.50. The molecule has 0 spiro atoms. The van der Waals surface area contributed by atoms with Crippen LogP contribution in [-0.4, -0.2) is 35.0 Å². The number of nitrogens with two attached hydrogens (primary N) is 1. The maximum absolute atomic E-state index is 6.38. The van der Waals surface area contributed by atoms with E-state index in [0.29, 0.717) is 17.4 Å². The number of rotatable bonds is 4. The van der Waals surface area contributed by atoms with Crippen molar-refractivity contribution in [1.29, 1.82) is 0 Å². The van der Waals surface area contributed by atoms with Gasteiger partial charge in [0.15, 0.2) is 0 Å². The summed E-state index contributed by atoms with van der Waals surface area (Å²) in [5.41, 5.74) is 9.56. The second kappa shape index (κ2) is 8.36. The summed E-state index contributed by atoms with van der Waals surface area (Å²) in [7, 11) is 2.18. The van der Waals surface area contributed by atoms with Crippen LogP contribution in [0.25, 0.3) is 10.9 Å². The minimum absolute atomic E-state index is 0.503. The number of hydrogen-bond donors (Lipinski definition) is 2. The molecule has 3 atom stereocenters. The van der Waals surface area contributed by atoms with Crippen molar-refractivity contribution in [3.05, 3.63) is 78.6 Å². The van der Waals surface area contributed by atoms with Gasteiger partial charge in [-0.05, 0) is 67.4 Å². The summed E-state index contributed by atoms with van der Waals surface area (Å²) in [5.74, 6) is 11.0. The molecular formula is C28H25N5O. The fourth-order valence-electron chi connectivity index (χ4n) is 4.81. The Hall–Kier alpha value is -4.08. The first-order valence-electron chi connectivity index (χ1n) is 11.5. The average Bonchev–Trinajstić information content (AvgIpc) is 3.31. The molecule has 1 aliphatic heterocycles. The van der Waals surface area contributed by atoms with E-state index in [2.05, 4.69) is 39.1 Å². The van der Waals surface area contributed by atoms with E-state index in [-0.39, 0.29) is 0 Å². The zero-order valence-corrected chi connectivity index (χ0v) is 18.9. The molecule has 1 saturated carbocycles. The predicted molar refractivity (Wildman–Crippen MR) is 135 cm³/mol. The van der Waals surface area contributed by atoms with Crippen molar-refractivity contribution in [3.63, 3.8) is 0 Å². The van der Waals surface area contributed by atoms with Crippen LogP contribution in [0.1, 0.15) is 5.56 Å². The summed E-state index contributed by atoms with van der Waals surface area (Å²) in [6.45, 7) is 2.30. The van der Waals surface area contributed by atoms with Crippen molar-refractivity contribution in [3.8, 4) is 23.3 Å². The van der Waals surface area contributed by atoms with Gasteiger partial charge in [0.2, 0.25) is 0 Å². The lowest BCUT2D eigenvalue weighted by Gasteiger charge is -2.11. The van der Waals surface area contributed by atoms with Gasteiger partial charge in [-0.25, -0.2) is 9.97 Å². The first-order valence-corrected chi connectivity index (χ1v) is 11.5. The highest BCUT2D eigenvalue weighted by atomic mass is 16.5. The summed E-state index contributed by atoms with van der Waals surface area (Å²) < 4.78 is 5.87. The smallest absolute Gasteiger partial charge is 0.141 e. The zero-order chi connectivity index (χ0) is 23.1. The normalized spacial score (nSPS) is 20.9. The van der Waals surface area contributed by atoms with Gasteiger partial charge < -0.3 is 20.7 Å². The molecule has 34 heavy (non-hydrogen) atoms. The Morgan fingerprint density at radius 1 is 0.971 bits per heavy atom. The van der Waals surface area contributed by atoms with E-state index in [4.69, 9.17) is 10.5 Å². The molecule has 0 radical (unpaired) electrons. The molecule has 2 aliphatic rings. The Morgan fingerprint density at radius 2 is 1.71 bits per heavy atom. The van der Waals surface area contributed by atoms with Crippen LogP contribution in [0.4, 0.5) is 17.2 Å². The van der Waals surface area contributed by atoms with Crippen LogP contribution >= 0.6 is 0 Å².